The highest BCUT2D eigenvalue weighted by molar-refractivity contribution is 7.18. The number of carbonyl (C=O) groups excluding carboxylic acids is 2. The van der Waals surface area contributed by atoms with Crippen LogP contribution in [0.1, 0.15) is 15.2 Å². The van der Waals surface area contributed by atoms with Crippen LogP contribution in [0.25, 0.3) is 10.9 Å². The smallest absolute Gasteiger partial charge is 0.264 e. The molecule has 2 N–H and O–H groups in total. The molecule has 2 amide bonds. The second-order valence-electron chi connectivity index (χ2n) is 6.94. The van der Waals surface area contributed by atoms with E-state index in [0.29, 0.717) is 34.7 Å². The van der Waals surface area contributed by atoms with Gasteiger partial charge in [-0.3, -0.25) is 9.59 Å². The van der Waals surface area contributed by atoms with Gasteiger partial charge in [0.15, 0.2) is 0 Å². The van der Waals surface area contributed by atoms with Crippen molar-refractivity contribution in [1.82, 2.24) is 19.8 Å². The van der Waals surface area contributed by atoms with E-state index in [1.165, 1.54) is 24.8 Å². The van der Waals surface area contributed by atoms with Gasteiger partial charge in [0, 0.05) is 32.1 Å². The largest absolute Gasteiger partial charge is 0.383 e. The Morgan fingerprint density at radius 3 is 2.87 bits per heavy atom. The van der Waals surface area contributed by atoms with Gasteiger partial charge in [0.1, 0.15) is 18.2 Å². The monoisotopic (exact) mass is 445 g/mol. The molecule has 0 saturated carbocycles. The molecule has 1 aromatic carbocycles. The Labute approximate surface area is 182 Å². The lowest BCUT2D eigenvalue weighted by molar-refractivity contribution is -0.143. The number of halogens is 1. The van der Waals surface area contributed by atoms with Crippen molar-refractivity contribution in [1.29, 1.82) is 0 Å². The van der Waals surface area contributed by atoms with Gasteiger partial charge in [-0.1, -0.05) is 17.7 Å². The first-order valence-electron chi connectivity index (χ1n) is 9.31. The number of aromatic nitrogens is 2. The molecule has 4 rings (SSSR count). The summed E-state index contributed by atoms with van der Waals surface area (Å²) in [6.45, 7) is 1.37. The Morgan fingerprint density at radius 2 is 2.13 bits per heavy atom. The second-order valence-corrected chi connectivity index (χ2v) is 8.66. The number of ether oxygens (including phenoxy) is 1. The summed E-state index contributed by atoms with van der Waals surface area (Å²) in [6, 6.07) is 8.34. The molecule has 1 aliphatic rings. The van der Waals surface area contributed by atoms with Crippen LogP contribution >= 0.6 is 22.9 Å². The van der Waals surface area contributed by atoms with Crippen LogP contribution in [0.3, 0.4) is 0 Å². The molecule has 3 aromatic rings. The summed E-state index contributed by atoms with van der Waals surface area (Å²) in [7, 11) is 1.52. The van der Waals surface area contributed by atoms with E-state index in [4.69, 9.17) is 22.1 Å². The molecule has 1 aliphatic heterocycles. The van der Waals surface area contributed by atoms with Gasteiger partial charge in [-0.25, -0.2) is 9.97 Å². The summed E-state index contributed by atoms with van der Waals surface area (Å²) in [5.74, 6) is 0.0600. The number of hydrogen-bond donors (Lipinski definition) is 1. The molecule has 1 atom stereocenters. The number of carbonyl (C=O) groups is 2. The van der Waals surface area contributed by atoms with Crippen molar-refractivity contribution in [3.8, 4) is 0 Å². The molecule has 30 heavy (non-hydrogen) atoms. The van der Waals surface area contributed by atoms with E-state index in [1.807, 2.05) is 18.2 Å². The summed E-state index contributed by atoms with van der Waals surface area (Å²) in [5.41, 5.74) is 7.53. The number of benzene rings is 1. The summed E-state index contributed by atoms with van der Waals surface area (Å²) in [6.07, 6.45) is 1.42. The van der Waals surface area contributed by atoms with Gasteiger partial charge in [-0.2, -0.15) is 0 Å². The molecule has 0 unspecified atom stereocenters. The quantitative estimate of drug-likeness (QED) is 0.647. The maximum absolute atomic E-state index is 13.2. The van der Waals surface area contributed by atoms with Gasteiger partial charge in [-0.05, 0) is 29.8 Å². The molecule has 0 bridgehead atoms. The minimum atomic E-state index is -0.685. The van der Waals surface area contributed by atoms with E-state index in [0.717, 1.165) is 16.5 Å². The van der Waals surface area contributed by atoms with Crippen LogP contribution in [-0.4, -0.2) is 64.4 Å². The first-order chi connectivity index (χ1) is 14.5. The third-order valence-corrected chi connectivity index (χ3v) is 6.28. The SMILES string of the molecule is COC[C@H]1C(=O)N(Cc2ccc3c(N)ncnc3c2)CCN1C(=O)c1ccc(Cl)s1. The molecule has 8 nitrogen and oxygen atoms in total. The van der Waals surface area contributed by atoms with Crippen molar-refractivity contribution in [3.63, 3.8) is 0 Å². The van der Waals surface area contributed by atoms with E-state index in [2.05, 4.69) is 9.97 Å². The highest BCUT2D eigenvalue weighted by Gasteiger charge is 2.38. The number of fused-ring (bicyclic) bond motifs is 1. The Hall–Kier alpha value is -2.75. The number of hydrogen-bond acceptors (Lipinski definition) is 7. The van der Waals surface area contributed by atoms with Crippen molar-refractivity contribution in [2.24, 2.45) is 0 Å². The number of nitrogens with zero attached hydrogens (tertiary/aromatic N) is 4. The molecule has 1 saturated heterocycles. The first kappa shape index (κ1) is 20.5. The van der Waals surface area contributed by atoms with Gasteiger partial charge in [0.25, 0.3) is 5.91 Å². The van der Waals surface area contributed by atoms with Crippen LogP contribution in [0.15, 0.2) is 36.7 Å². The van der Waals surface area contributed by atoms with Crippen LogP contribution in [0, 0.1) is 0 Å². The van der Waals surface area contributed by atoms with E-state index < -0.39 is 6.04 Å². The molecule has 2 aromatic heterocycles. The predicted octanol–water partition coefficient (Wildman–Crippen LogP) is 2.43. The normalized spacial score (nSPS) is 17.0. The number of thiophene rings is 1. The Bertz CT molecular complexity index is 1100. The molecule has 0 spiro atoms. The van der Waals surface area contributed by atoms with Gasteiger partial charge in [0.2, 0.25) is 5.91 Å². The van der Waals surface area contributed by atoms with Crippen molar-refractivity contribution >= 4 is 51.5 Å². The second kappa shape index (κ2) is 8.55. The molecule has 1 fully saturated rings. The molecule has 3 heterocycles. The zero-order valence-corrected chi connectivity index (χ0v) is 17.8. The Morgan fingerprint density at radius 1 is 1.30 bits per heavy atom. The lowest BCUT2D eigenvalue weighted by Gasteiger charge is -2.40. The lowest BCUT2D eigenvalue weighted by Crippen LogP contribution is -2.59. The third kappa shape index (κ3) is 3.96. The predicted molar refractivity (Wildman–Crippen MR) is 115 cm³/mol. The van der Waals surface area contributed by atoms with E-state index in [1.54, 1.807) is 21.9 Å². The van der Waals surface area contributed by atoms with Crippen LogP contribution < -0.4 is 5.73 Å². The van der Waals surface area contributed by atoms with Crippen LogP contribution in [0.4, 0.5) is 5.82 Å². The average Bonchev–Trinajstić information content (AvgIpc) is 3.17. The van der Waals surface area contributed by atoms with Crippen LogP contribution in [-0.2, 0) is 16.1 Å². The third-order valence-electron chi connectivity index (χ3n) is 5.06. The molecule has 0 radical (unpaired) electrons. The Kier molecular flexibility index (Phi) is 5.85. The number of methoxy groups -OCH3 is 1. The summed E-state index contributed by atoms with van der Waals surface area (Å²) < 4.78 is 5.78. The number of nitrogens with two attached hydrogens (primary N) is 1. The van der Waals surface area contributed by atoms with Crippen LogP contribution in [0.2, 0.25) is 4.34 Å². The van der Waals surface area contributed by atoms with Crippen molar-refractivity contribution < 1.29 is 14.3 Å². The highest BCUT2D eigenvalue weighted by atomic mass is 35.5. The molecule has 156 valence electrons. The first-order valence-corrected chi connectivity index (χ1v) is 10.5. The minimum Gasteiger partial charge on any atom is -0.383 e. The minimum absolute atomic E-state index is 0.127. The zero-order valence-electron chi connectivity index (χ0n) is 16.2. The standard InChI is InChI=1S/C20H20ClN5O3S/c1-29-10-15-19(27)25(6-7-26(15)20(28)16-4-5-17(21)30-16)9-12-2-3-13-14(8-12)23-11-24-18(13)22/h2-5,8,11,15H,6-7,9-10H2,1H3,(H2,22,23,24)/t15-/m0/s1. The highest BCUT2D eigenvalue weighted by Crippen LogP contribution is 2.26. The maximum Gasteiger partial charge on any atom is 0.264 e. The molecular weight excluding hydrogens is 426 g/mol. The summed E-state index contributed by atoms with van der Waals surface area (Å²) in [4.78, 5) is 38.1. The van der Waals surface area contributed by atoms with Crippen molar-refractivity contribution in [2.75, 3.05) is 32.5 Å². The number of piperazine rings is 1. The van der Waals surface area contributed by atoms with Crippen LogP contribution in [0.5, 0.6) is 0 Å². The van der Waals surface area contributed by atoms with Gasteiger partial charge in [-0.15, -0.1) is 11.3 Å². The van der Waals surface area contributed by atoms with Gasteiger partial charge < -0.3 is 20.3 Å². The Balaban J connectivity index is 1.54. The van der Waals surface area contributed by atoms with Gasteiger partial charge in [0.05, 0.1) is 21.3 Å². The number of amides is 2. The maximum atomic E-state index is 13.2. The molecule has 0 aliphatic carbocycles. The lowest BCUT2D eigenvalue weighted by atomic mass is 10.1. The fraction of sp³-hybridized carbons (Fsp3) is 0.300. The summed E-state index contributed by atoms with van der Waals surface area (Å²) in [5, 5.41) is 0.773. The summed E-state index contributed by atoms with van der Waals surface area (Å²) >= 11 is 7.17. The number of anilines is 1. The molecular formula is C20H20ClN5O3S. The molecule has 10 heteroatoms. The van der Waals surface area contributed by atoms with Gasteiger partial charge >= 0.3 is 0 Å². The zero-order chi connectivity index (χ0) is 21.3. The topological polar surface area (TPSA) is 102 Å². The number of nitrogen functional groups attached to an aromatic ring is 1. The fourth-order valence-corrected chi connectivity index (χ4v) is 4.57. The van der Waals surface area contributed by atoms with Crippen molar-refractivity contribution in [3.05, 3.63) is 51.4 Å². The van der Waals surface area contributed by atoms with E-state index in [9.17, 15) is 9.59 Å². The van der Waals surface area contributed by atoms with Crippen molar-refractivity contribution in [2.45, 2.75) is 12.6 Å². The van der Waals surface area contributed by atoms with E-state index in [-0.39, 0.29) is 18.4 Å². The average molecular weight is 446 g/mol. The number of rotatable bonds is 5. The van der Waals surface area contributed by atoms with E-state index >= 15 is 0 Å². The fourth-order valence-electron chi connectivity index (χ4n) is 3.57.